The van der Waals surface area contributed by atoms with Crippen LogP contribution >= 0.6 is 11.3 Å². The molecule has 3 heterocycles. The van der Waals surface area contributed by atoms with Crippen LogP contribution in [0.2, 0.25) is 0 Å². The first-order valence-corrected chi connectivity index (χ1v) is 5.86. The Labute approximate surface area is 96.4 Å². The average molecular weight is 230 g/mol. The van der Waals surface area contributed by atoms with Crippen LogP contribution < -0.4 is 0 Å². The smallest absolute Gasteiger partial charge is 0.178 e. The molecule has 4 nitrogen and oxygen atoms in total. The third-order valence-electron chi connectivity index (χ3n) is 2.46. The molecule has 0 amide bonds. The Balaban J connectivity index is 2.22. The van der Waals surface area contributed by atoms with Crippen LogP contribution in [-0.4, -0.2) is 19.9 Å². The molecule has 1 N–H and O–H groups in total. The number of thiazole rings is 1. The number of pyridine rings is 1. The molecule has 0 spiro atoms. The highest BCUT2D eigenvalue weighted by atomic mass is 32.1. The molecule has 0 unspecified atom stereocenters. The molecule has 0 aliphatic heterocycles. The van der Waals surface area contributed by atoms with Crippen molar-refractivity contribution in [1.29, 1.82) is 0 Å². The standard InChI is InChI=1S/C11H10N4S/c1-6-3-4-12-11-9(6)14-10(15-11)8-5-16-7(2)13-8/h3-5H,1-2H3,(H,12,14,15). The van der Waals surface area contributed by atoms with Gasteiger partial charge in [-0.05, 0) is 25.5 Å². The van der Waals surface area contributed by atoms with E-state index in [0.717, 1.165) is 33.3 Å². The summed E-state index contributed by atoms with van der Waals surface area (Å²) in [5.41, 5.74) is 3.78. The fraction of sp³-hybridized carbons (Fsp3) is 0.182. The van der Waals surface area contributed by atoms with Gasteiger partial charge in [0.15, 0.2) is 11.5 Å². The lowest BCUT2D eigenvalue weighted by atomic mass is 10.3. The van der Waals surface area contributed by atoms with Crippen LogP contribution in [0.5, 0.6) is 0 Å². The summed E-state index contributed by atoms with van der Waals surface area (Å²) in [6, 6.07) is 1.97. The molecule has 80 valence electrons. The normalized spacial score (nSPS) is 11.1. The summed E-state index contributed by atoms with van der Waals surface area (Å²) in [4.78, 5) is 16.3. The molecule has 16 heavy (non-hydrogen) atoms. The fourth-order valence-electron chi connectivity index (χ4n) is 1.63. The summed E-state index contributed by atoms with van der Waals surface area (Å²) in [6.45, 7) is 4.03. The zero-order valence-corrected chi connectivity index (χ0v) is 9.80. The van der Waals surface area contributed by atoms with Crippen molar-refractivity contribution in [3.63, 3.8) is 0 Å². The van der Waals surface area contributed by atoms with Gasteiger partial charge >= 0.3 is 0 Å². The van der Waals surface area contributed by atoms with E-state index in [1.54, 1.807) is 17.5 Å². The molecule has 0 atom stereocenters. The van der Waals surface area contributed by atoms with Gasteiger partial charge in [0.2, 0.25) is 0 Å². The van der Waals surface area contributed by atoms with Crippen molar-refractivity contribution >= 4 is 22.5 Å². The van der Waals surface area contributed by atoms with Crippen molar-refractivity contribution in [3.8, 4) is 11.5 Å². The number of hydrogen-bond acceptors (Lipinski definition) is 4. The second-order valence-corrected chi connectivity index (χ2v) is 4.73. The Hall–Kier alpha value is -1.75. The molecule has 0 aliphatic rings. The monoisotopic (exact) mass is 230 g/mol. The van der Waals surface area contributed by atoms with E-state index in [4.69, 9.17) is 0 Å². The van der Waals surface area contributed by atoms with Crippen LogP contribution in [0.1, 0.15) is 10.6 Å². The molecule has 3 rings (SSSR count). The maximum Gasteiger partial charge on any atom is 0.178 e. The topological polar surface area (TPSA) is 54.5 Å². The van der Waals surface area contributed by atoms with E-state index in [1.165, 1.54) is 0 Å². The number of aromatic amines is 1. The van der Waals surface area contributed by atoms with E-state index in [1.807, 2.05) is 25.3 Å². The summed E-state index contributed by atoms with van der Waals surface area (Å²) < 4.78 is 0. The number of aryl methyl sites for hydroxylation is 2. The van der Waals surface area contributed by atoms with Gasteiger partial charge in [0.1, 0.15) is 5.69 Å². The molecule has 0 bridgehead atoms. The lowest BCUT2D eigenvalue weighted by Crippen LogP contribution is -1.80. The zero-order chi connectivity index (χ0) is 11.1. The number of hydrogen-bond donors (Lipinski definition) is 1. The van der Waals surface area contributed by atoms with E-state index in [-0.39, 0.29) is 0 Å². The second-order valence-electron chi connectivity index (χ2n) is 3.66. The number of nitrogens with one attached hydrogen (secondary N) is 1. The number of nitrogens with zero attached hydrogens (tertiary/aromatic N) is 3. The minimum absolute atomic E-state index is 0.751. The van der Waals surface area contributed by atoms with Crippen molar-refractivity contribution in [2.24, 2.45) is 0 Å². The van der Waals surface area contributed by atoms with Gasteiger partial charge in [0.25, 0.3) is 0 Å². The quantitative estimate of drug-likeness (QED) is 0.699. The molecule has 0 fully saturated rings. The van der Waals surface area contributed by atoms with E-state index in [2.05, 4.69) is 19.9 Å². The van der Waals surface area contributed by atoms with Crippen molar-refractivity contribution in [2.75, 3.05) is 0 Å². The first-order chi connectivity index (χ1) is 7.74. The van der Waals surface area contributed by atoms with Gasteiger partial charge in [-0.15, -0.1) is 11.3 Å². The predicted octanol–water partition coefficient (Wildman–Crippen LogP) is 2.70. The van der Waals surface area contributed by atoms with Crippen LogP contribution in [0, 0.1) is 13.8 Å². The van der Waals surface area contributed by atoms with E-state index >= 15 is 0 Å². The minimum Gasteiger partial charge on any atom is -0.335 e. The lowest BCUT2D eigenvalue weighted by Gasteiger charge is -1.90. The van der Waals surface area contributed by atoms with Crippen molar-refractivity contribution in [2.45, 2.75) is 13.8 Å². The lowest BCUT2D eigenvalue weighted by molar-refractivity contribution is 1.22. The molecule has 3 aromatic rings. The van der Waals surface area contributed by atoms with Gasteiger partial charge in [-0.3, -0.25) is 0 Å². The molecule has 0 saturated carbocycles. The van der Waals surface area contributed by atoms with E-state index in [9.17, 15) is 0 Å². The molecular formula is C11H10N4S. The van der Waals surface area contributed by atoms with Gasteiger partial charge in [-0.25, -0.2) is 15.0 Å². The van der Waals surface area contributed by atoms with Gasteiger partial charge in [-0.2, -0.15) is 0 Å². The Morgan fingerprint density at radius 2 is 2.12 bits per heavy atom. The summed E-state index contributed by atoms with van der Waals surface area (Å²) in [6.07, 6.45) is 1.77. The minimum atomic E-state index is 0.751. The fourth-order valence-corrected chi connectivity index (χ4v) is 2.23. The maximum atomic E-state index is 4.43. The summed E-state index contributed by atoms with van der Waals surface area (Å²) in [5.74, 6) is 0.793. The summed E-state index contributed by atoms with van der Waals surface area (Å²) >= 11 is 1.62. The molecule has 0 radical (unpaired) electrons. The Bertz CT molecular complexity index is 653. The Kier molecular flexibility index (Phi) is 2.00. The predicted molar refractivity (Wildman–Crippen MR) is 64.5 cm³/mol. The SMILES string of the molecule is Cc1nc(-c2nc3nccc(C)c3[nH]2)cs1. The molecule has 0 saturated heterocycles. The molecule has 0 aliphatic carbocycles. The van der Waals surface area contributed by atoms with E-state index < -0.39 is 0 Å². The molecule has 3 aromatic heterocycles. The first-order valence-electron chi connectivity index (χ1n) is 4.98. The number of aromatic nitrogens is 4. The van der Waals surface area contributed by atoms with Crippen molar-refractivity contribution < 1.29 is 0 Å². The Morgan fingerprint density at radius 3 is 2.81 bits per heavy atom. The molecule has 5 heteroatoms. The molecule has 0 aromatic carbocycles. The van der Waals surface area contributed by atoms with E-state index in [0.29, 0.717) is 0 Å². The zero-order valence-electron chi connectivity index (χ0n) is 8.98. The molecular weight excluding hydrogens is 220 g/mol. The van der Waals surface area contributed by atoms with Crippen LogP contribution in [0.4, 0.5) is 0 Å². The maximum absolute atomic E-state index is 4.43. The third kappa shape index (κ3) is 1.40. The van der Waals surface area contributed by atoms with Gasteiger partial charge in [-0.1, -0.05) is 0 Å². The summed E-state index contributed by atoms with van der Waals surface area (Å²) in [5, 5.41) is 3.04. The van der Waals surface area contributed by atoms with Crippen LogP contribution in [-0.2, 0) is 0 Å². The number of H-pyrrole nitrogens is 1. The van der Waals surface area contributed by atoms with Crippen LogP contribution in [0.15, 0.2) is 17.6 Å². The highest BCUT2D eigenvalue weighted by Gasteiger charge is 2.09. The van der Waals surface area contributed by atoms with Gasteiger partial charge < -0.3 is 4.98 Å². The van der Waals surface area contributed by atoms with Crippen LogP contribution in [0.25, 0.3) is 22.7 Å². The highest BCUT2D eigenvalue weighted by molar-refractivity contribution is 7.09. The summed E-state index contributed by atoms with van der Waals surface area (Å²) in [7, 11) is 0. The number of fused-ring (bicyclic) bond motifs is 1. The first kappa shape index (κ1) is 9.47. The van der Waals surface area contributed by atoms with Crippen molar-refractivity contribution in [1.82, 2.24) is 19.9 Å². The largest absolute Gasteiger partial charge is 0.335 e. The third-order valence-corrected chi connectivity index (χ3v) is 3.24. The second kappa shape index (κ2) is 3.38. The van der Waals surface area contributed by atoms with Gasteiger partial charge in [0, 0.05) is 11.6 Å². The highest BCUT2D eigenvalue weighted by Crippen LogP contribution is 2.22. The Morgan fingerprint density at radius 1 is 1.25 bits per heavy atom. The van der Waals surface area contributed by atoms with Gasteiger partial charge in [0.05, 0.1) is 10.5 Å². The van der Waals surface area contributed by atoms with Crippen molar-refractivity contribution in [3.05, 3.63) is 28.2 Å². The average Bonchev–Trinajstić information content (AvgIpc) is 2.84. The van der Waals surface area contributed by atoms with Crippen LogP contribution in [0.3, 0.4) is 0 Å². The number of rotatable bonds is 1. The number of imidazole rings is 1.